The predicted molar refractivity (Wildman–Crippen MR) is 78.8 cm³/mol. The van der Waals surface area contributed by atoms with Crippen molar-refractivity contribution in [2.24, 2.45) is 5.92 Å². The Bertz CT molecular complexity index is 367. The van der Waals surface area contributed by atoms with Crippen molar-refractivity contribution in [1.29, 1.82) is 0 Å². The molecule has 1 aliphatic rings. The fourth-order valence-electron chi connectivity index (χ4n) is 2.38. The fraction of sp³-hybridized carbons (Fsp3) is 0.600. The molecule has 1 fully saturated rings. The molecule has 1 aromatic rings. The zero-order chi connectivity index (χ0) is 13.6. The predicted octanol–water partition coefficient (Wildman–Crippen LogP) is 2.45. The van der Waals surface area contributed by atoms with Gasteiger partial charge in [0.1, 0.15) is 0 Å². The third-order valence-electron chi connectivity index (χ3n) is 3.62. The molecule has 0 aromatic heterocycles. The monoisotopic (exact) mass is 280 g/mol. The van der Waals surface area contributed by atoms with Gasteiger partial charge >= 0.3 is 8.56 Å². The maximum atomic E-state index is 6.27. The minimum Gasteiger partial charge on any atom is -0.391 e. The molecule has 1 aliphatic heterocycles. The summed E-state index contributed by atoms with van der Waals surface area (Å²) in [5.41, 5.74) is 0. The molecule has 106 valence electrons. The standard InChI is InChI=1S/C15H24O3Si/c1-3-17-19(4-2,15-8-6-5-7-9-15)18-11-10-14-12-16-13-14/h5-9,14H,3-4,10-13H2,1-2H3. The normalized spacial score (nSPS) is 18.8. The number of ether oxygens (including phenoxy) is 1. The van der Waals surface area contributed by atoms with Gasteiger partial charge in [-0.05, 0) is 24.6 Å². The van der Waals surface area contributed by atoms with E-state index in [-0.39, 0.29) is 0 Å². The van der Waals surface area contributed by atoms with Crippen LogP contribution in [0.2, 0.25) is 6.04 Å². The highest BCUT2D eigenvalue weighted by molar-refractivity contribution is 6.81. The maximum absolute atomic E-state index is 6.27. The number of hydrogen-bond acceptors (Lipinski definition) is 3. The van der Waals surface area contributed by atoms with Crippen LogP contribution in [0.25, 0.3) is 0 Å². The van der Waals surface area contributed by atoms with E-state index in [0.29, 0.717) is 12.5 Å². The molecule has 1 unspecified atom stereocenters. The Kier molecular flexibility index (Phi) is 5.57. The Balaban J connectivity index is 2.00. The van der Waals surface area contributed by atoms with Crippen molar-refractivity contribution in [3.63, 3.8) is 0 Å². The molecule has 2 rings (SSSR count). The first-order valence-electron chi connectivity index (χ1n) is 7.22. The first-order valence-corrected chi connectivity index (χ1v) is 9.24. The van der Waals surface area contributed by atoms with E-state index in [9.17, 15) is 0 Å². The molecule has 0 radical (unpaired) electrons. The molecule has 19 heavy (non-hydrogen) atoms. The molecule has 1 aromatic carbocycles. The van der Waals surface area contributed by atoms with Crippen LogP contribution < -0.4 is 5.19 Å². The second-order valence-electron chi connectivity index (χ2n) is 4.95. The van der Waals surface area contributed by atoms with Gasteiger partial charge in [-0.3, -0.25) is 0 Å². The summed E-state index contributed by atoms with van der Waals surface area (Å²) in [6, 6.07) is 11.4. The molecule has 0 aliphatic carbocycles. The molecule has 4 heteroatoms. The van der Waals surface area contributed by atoms with Crippen molar-refractivity contribution in [3.05, 3.63) is 30.3 Å². The Labute approximate surface area is 117 Å². The van der Waals surface area contributed by atoms with Crippen molar-refractivity contribution in [1.82, 2.24) is 0 Å². The van der Waals surface area contributed by atoms with Crippen molar-refractivity contribution >= 4 is 13.7 Å². The smallest absolute Gasteiger partial charge is 0.372 e. The second-order valence-corrected chi connectivity index (χ2v) is 8.31. The fourth-order valence-corrected chi connectivity index (χ4v) is 5.23. The lowest BCUT2D eigenvalue weighted by molar-refractivity contribution is -0.0416. The van der Waals surface area contributed by atoms with Gasteiger partial charge in [0.25, 0.3) is 0 Å². The highest BCUT2D eigenvalue weighted by atomic mass is 28.4. The maximum Gasteiger partial charge on any atom is 0.372 e. The largest absolute Gasteiger partial charge is 0.391 e. The van der Waals surface area contributed by atoms with Gasteiger partial charge in [0, 0.05) is 19.1 Å². The van der Waals surface area contributed by atoms with Crippen LogP contribution in [0.1, 0.15) is 20.3 Å². The summed E-state index contributed by atoms with van der Waals surface area (Å²) in [5, 5.41) is 1.24. The third kappa shape index (κ3) is 3.66. The van der Waals surface area contributed by atoms with E-state index in [1.807, 2.05) is 13.0 Å². The topological polar surface area (TPSA) is 27.7 Å². The summed E-state index contributed by atoms with van der Waals surface area (Å²) >= 11 is 0. The molecule has 1 saturated heterocycles. The minimum absolute atomic E-state index is 0.681. The average Bonchev–Trinajstić information content (AvgIpc) is 2.41. The van der Waals surface area contributed by atoms with Gasteiger partial charge < -0.3 is 13.6 Å². The summed E-state index contributed by atoms with van der Waals surface area (Å²) < 4.78 is 17.6. The summed E-state index contributed by atoms with van der Waals surface area (Å²) in [6.07, 6.45) is 1.08. The lowest BCUT2D eigenvalue weighted by Gasteiger charge is -2.32. The molecule has 0 saturated carbocycles. The van der Waals surface area contributed by atoms with Crippen LogP contribution in [0.5, 0.6) is 0 Å². The number of rotatable bonds is 8. The van der Waals surface area contributed by atoms with E-state index in [1.54, 1.807) is 0 Å². The summed E-state index contributed by atoms with van der Waals surface area (Å²) in [6.45, 7) is 7.49. The second kappa shape index (κ2) is 7.19. The SMILES string of the molecule is CCO[Si](CC)(OCCC1COC1)c1ccccc1. The zero-order valence-corrected chi connectivity index (χ0v) is 12.9. The highest BCUT2D eigenvalue weighted by Crippen LogP contribution is 2.18. The van der Waals surface area contributed by atoms with Crippen LogP contribution in [0.3, 0.4) is 0 Å². The van der Waals surface area contributed by atoms with E-state index >= 15 is 0 Å². The molecule has 0 bridgehead atoms. The van der Waals surface area contributed by atoms with E-state index in [2.05, 4.69) is 31.2 Å². The van der Waals surface area contributed by atoms with Crippen LogP contribution in [-0.2, 0) is 13.6 Å². The molecule has 3 nitrogen and oxygen atoms in total. The van der Waals surface area contributed by atoms with Crippen molar-refractivity contribution < 1.29 is 13.6 Å². The van der Waals surface area contributed by atoms with Crippen LogP contribution in [0.4, 0.5) is 0 Å². The number of benzene rings is 1. The Morgan fingerprint density at radius 3 is 2.42 bits per heavy atom. The van der Waals surface area contributed by atoms with Gasteiger partial charge in [-0.25, -0.2) is 0 Å². The van der Waals surface area contributed by atoms with Crippen LogP contribution in [-0.4, -0.2) is 35.0 Å². The third-order valence-corrected chi connectivity index (χ3v) is 7.19. The Morgan fingerprint density at radius 1 is 1.16 bits per heavy atom. The first kappa shape index (κ1) is 14.7. The lowest BCUT2D eigenvalue weighted by atomic mass is 10.1. The summed E-state index contributed by atoms with van der Waals surface area (Å²) in [7, 11) is -2.24. The molecule has 0 spiro atoms. The van der Waals surface area contributed by atoms with Crippen molar-refractivity contribution in [2.45, 2.75) is 26.3 Å². The van der Waals surface area contributed by atoms with Crippen molar-refractivity contribution in [3.8, 4) is 0 Å². The highest BCUT2D eigenvalue weighted by Gasteiger charge is 2.38. The summed E-state index contributed by atoms with van der Waals surface area (Å²) in [4.78, 5) is 0. The lowest BCUT2D eigenvalue weighted by Crippen LogP contribution is -2.53. The van der Waals surface area contributed by atoms with Crippen LogP contribution >= 0.6 is 0 Å². The van der Waals surface area contributed by atoms with E-state index in [0.717, 1.165) is 32.3 Å². The van der Waals surface area contributed by atoms with E-state index in [1.165, 1.54) is 5.19 Å². The molecular weight excluding hydrogens is 256 g/mol. The molecule has 1 heterocycles. The van der Waals surface area contributed by atoms with Gasteiger partial charge in [-0.1, -0.05) is 37.3 Å². The Morgan fingerprint density at radius 2 is 1.89 bits per heavy atom. The number of hydrogen-bond donors (Lipinski definition) is 0. The van der Waals surface area contributed by atoms with Crippen LogP contribution in [0, 0.1) is 5.92 Å². The molecule has 1 atom stereocenters. The Hall–Kier alpha value is -0.683. The van der Waals surface area contributed by atoms with Crippen molar-refractivity contribution in [2.75, 3.05) is 26.4 Å². The zero-order valence-electron chi connectivity index (χ0n) is 11.9. The van der Waals surface area contributed by atoms with Gasteiger partial charge in [-0.15, -0.1) is 0 Å². The van der Waals surface area contributed by atoms with Gasteiger partial charge in [-0.2, -0.15) is 0 Å². The minimum atomic E-state index is -2.24. The average molecular weight is 280 g/mol. The van der Waals surface area contributed by atoms with Gasteiger partial charge in [0.05, 0.1) is 13.2 Å². The van der Waals surface area contributed by atoms with E-state index < -0.39 is 8.56 Å². The molecular formula is C15H24O3Si. The van der Waals surface area contributed by atoms with Gasteiger partial charge in [0.2, 0.25) is 0 Å². The van der Waals surface area contributed by atoms with E-state index in [4.69, 9.17) is 13.6 Å². The first-order chi connectivity index (χ1) is 9.30. The van der Waals surface area contributed by atoms with Gasteiger partial charge in [0.15, 0.2) is 0 Å². The quantitative estimate of drug-likeness (QED) is 0.685. The molecule has 0 amide bonds. The van der Waals surface area contributed by atoms with Crippen LogP contribution in [0.15, 0.2) is 30.3 Å². The molecule has 0 N–H and O–H groups in total. The summed E-state index contributed by atoms with van der Waals surface area (Å²) in [5.74, 6) is 0.681.